The fourth-order valence-corrected chi connectivity index (χ4v) is 6.08. The molecule has 3 rings (SSSR count). The van der Waals surface area contributed by atoms with Crippen LogP contribution in [0.15, 0.2) is 64.4 Å². The highest BCUT2D eigenvalue weighted by Gasteiger charge is 2.27. The Balaban J connectivity index is 1.64. The third-order valence-corrected chi connectivity index (χ3v) is 8.42. The van der Waals surface area contributed by atoms with Gasteiger partial charge in [-0.15, -0.1) is 0 Å². The second-order valence-electron chi connectivity index (χ2n) is 7.13. The molecule has 2 aromatic carbocycles. The van der Waals surface area contributed by atoms with E-state index in [1.807, 2.05) is 37.3 Å². The largest absolute Gasteiger partial charge is 0.243 e. The molecule has 6 nitrogen and oxygen atoms in total. The average Bonchev–Trinajstić information content (AvgIpc) is 3.23. The summed E-state index contributed by atoms with van der Waals surface area (Å²) in [5.41, 5.74) is 1.16. The molecule has 0 bridgehead atoms. The molecule has 1 aliphatic rings. The van der Waals surface area contributed by atoms with Crippen LogP contribution >= 0.6 is 0 Å². The van der Waals surface area contributed by atoms with E-state index in [0.717, 1.165) is 24.8 Å². The maximum absolute atomic E-state index is 12.6. The SMILES string of the molecule is C[C@H](CCc1ccccc1)NS(=O)(=O)c1ccc(S(=O)(=O)N2CCCC2)cc1. The molecule has 0 aliphatic carbocycles. The summed E-state index contributed by atoms with van der Waals surface area (Å²) in [6.07, 6.45) is 3.16. The second-order valence-corrected chi connectivity index (χ2v) is 10.8. The first-order valence-electron chi connectivity index (χ1n) is 9.45. The Labute approximate surface area is 167 Å². The fraction of sp³-hybridized carbons (Fsp3) is 0.400. The summed E-state index contributed by atoms with van der Waals surface area (Å²) >= 11 is 0. The van der Waals surface area contributed by atoms with Crippen molar-refractivity contribution >= 4 is 20.0 Å². The monoisotopic (exact) mass is 422 g/mol. The van der Waals surface area contributed by atoms with E-state index in [2.05, 4.69) is 4.72 Å². The highest BCUT2D eigenvalue weighted by molar-refractivity contribution is 7.89. The van der Waals surface area contributed by atoms with Gasteiger partial charge in [-0.05, 0) is 62.4 Å². The highest BCUT2D eigenvalue weighted by atomic mass is 32.2. The van der Waals surface area contributed by atoms with Crippen molar-refractivity contribution in [1.29, 1.82) is 0 Å². The highest BCUT2D eigenvalue weighted by Crippen LogP contribution is 2.22. The number of rotatable bonds is 8. The van der Waals surface area contributed by atoms with Gasteiger partial charge in [-0.2, -0.15) is 4.31 Å². The number of nitrogens with one attached hydrogen (secondary N) is 1. The van der Waals surface area contributed by atoms with Crippen LogP contribution in [-0.2, 0) is 26.5 Å². The van der Waals surface area contributed by atoms with Crippen molar-refractivity contribution in [2.24, 2.45) is 0 Å². The smallest absolute Gasteiger partial charge is 0.208 e. The van der Waals surface area contributed by atoms with E-state index in [4.69, 9.17) is 0 Å². The number of aryl methyl sites for hydroxylation is 1. The molecular weight excluding hydrogens is 396 g/mol. The fourth-order valence-electron chi connectivity index (χ4n) is 3.29. The zero-order chi connectivity index (χ0) is 20.2. The Morgan fingerprint density at radius 2 is 1.46 bits per heavy atom. The summed E-state index contributed by atoms with van der Waals surface area (Å²) in [6.45, 7) is 2.86. The molecule has 1 fully saturated rings. The molecule has 1 atom stereocenters. The quantitative estimate of drug-likeness (QED) is 0.709. The minimum absolute atomic E-state index is 0.0689. The lowest BCUT2D eigenvalue weighted by molar-refractivity contribution is 0.477. The standard InChI is InChI=1S/C20H26N2O4S2/c1-17(9-10-18-7-3-2-4-8-18)21-27(23,24)19-11-13-20(14-12-19)28(25,26)22-15-5-6-16-22/h2-4,7-8,11-14,17,21H,5-6,9-10,15-16H2,1H3/t17-/m1/s1. The first-order chi connectivity index (χ1) is 13.3. The predicted molar refractivity (Wildman–Crippen MR) is 109 cm³/mol. The van der Waals surface area contributed by atoms with Crippen LogP contribution in [0.4, 0.5) is 0 Å². The van der Waals surface area contributed by atoms with Crippen LogP contribution in [0.5, 0.6) is 0 Å². The molecule has 1 N–H and O–H groups in total. The van der Waals surface area contributed by atoms with Crippen molar-refractivity contribution in [3.63, 3.8) is 0 Å². The van der Waals surface area contributed by atoms with Crippen LogP contribution in [0.3, 0.4) is 0 Å². The lowest BCUT2D eigenvalue weighted by atomic mass is 10.1. The molecule has 0 aromatic heterocycles. The van der Waals surface area contributed by atoms with E-state index in [1.54, 1.807) is 0 Å². The second kappa shape index (κ2) is 8.73. The maximum atomic E-state index is 12.6. The molecule has 152 valence electrons. The van der Waals surface area contributed by atoms with Crippen molar-refractivity contribution in [3.05, 3.63) is 60.2 Å². The van der Waals surface area contributed by atoms with E-state index in [1.165, 1.54) is 28.6 Å². The third kappa shape index (κ3) is 5.00. The normalized spacial score (nSPS) is 16.9. The molecule has 0 amide bonds. The molecule has 8 heteroatoms. The predicted octanol–water partition coefficient (Wildman–Crippen LogP) is 2.77. The maximum Gasteiger partial charge on any atom is 0.243 e. The van der Waals surface area contributed by atoms with Gasteiger partial charge in [0.05, 0.1) is 9.79 Å². The summed E-state index contributed by atoms with van der Waals surface area (Å²) in [4.78, 5) is 0.199. The van der Waals surface area contributed by atoms with E-state index in [0.29, 0.717) is 19.5 Å². The number of benzene rings is 2. The molecule has 0 spiro atoms. The summed E-state index contributed by atoms with van der Waals surface area (Å²) in [5, 5.41) is 0. The van der Waals surface area contributed by atoms with E-state index < -0.39 is 20.0 Å². The number of hydrogen-bond acceptors (Lipinski definition) is 4. The molecule has 1 aliphatic heterocycles. The van der Waals surface area contributed by atoms with Gasteiger partial charge in [0.15, 0.2) is 0 Å². The molecule has 0 unspecified atom stereocenters. The number of hydrogen-bond donors (Lipinski definition) is 1. The van der Waals surface area contributed by atoms with E-state index in [9.17, 15) is 16.8 Å². The van der Waals surface area contributed by atoms with Crippen molar-refractivity contribution in [3.8, 4) is 0 Å². The van der Waals surface area contributed by atoms with Crippen LogP contribution in [-0.4, -0.2) is 40.3 Å². The Morgan fingerprint density at radius 1 is 0.893 bits per heavy atom. The molecular formula is C20H26N2O4S2. The van der Waals surface area contributed by atoms with Gasteiger partial charge in [0.2, 0.25) is 20.0 Å². The van der Waals surface area contributed by atoms with Crippen molar-refractivity contribution in [1.82, 2.24) is 9.03 Å². The Bertz CT molecular complexity index is 982. The molecule has 1 saturated heterocycles. The van der Waals surface area contributed by atoms with Crippen molar-refractivity contribution in [2.75, 3.05) is 13.1 Å². The number of nitrogens with zero attached hydrogens (tertiary/aromatic N) is 1. The topological polar surface area (TPSA) is 83.5 Å². The molecule has 28 heavy (non-hydrogen) atoms. The van der Waals surface area contributed by atoms with Gasteiger partial charge in [0.1, 0.15) is 0 Å². The van der Waals surface area contributed by atoms with Crippen LogP contribution in [0, 0.1) is 0 Å². The van der Waals surface area contributed by atoms with Gasteiger partial charge in [-0.3, -0.25) is 0 Å². The van der Waals surface area contributed by atoms with Gasteiger partial charge in [0.25, 0.3) is 0 Å². The van der Waals surface area contributed by atoms with Crippen molar-refractivity contribution < 1.29 is 16.8 Å². The van der Waals surface area contributed by atoms with Gasteiger partial charge in [0, 0.05) is 19.1 Å². The average molecular weight is 423 g/mol. The van der Waals surface area contributed by atoms with Crippen LogP contribution in [0.2, 0.25) is 0 Å². The van der Waals surface area contributed by atoms with Crippen LogP contribution < -0.4 is 4.72 Å². The Morgan fingerprint density at radius 3 is 2.07 bits per heavy atom. The first kappa shape index (κ1) is 21.0. The summed E-state index contributed by atoms with van der Waals surface area (Å²) in [6, 6.07) is 15.1. The zero-order valence-electron chi connectivity index (χ0n) is 15.9. The number of sulfonamides is 2. The van der Waals surface area contributed by atoms with Crippen LogP contribution in [0.1, 0.15) is 31.7 Å². The Hall–Kier alpha value is -1.74. The molecule has 1 heterocycles. The lowest BCUT2D eigenvalue weighted by Gasteiger charge is -2.17. The minimum atomic E-state index is -3.70. The summed E-state index contributed by atoms with van der Waals surface area (Å²) < 4.78 is 54.4. The van der Waals surface area contributed by atoms with Gasteiger partial charge in [-0.1, -0.05) is 30.3 Å². The van der Waals surface area contributed by atoms with E-state index in [-0.39, 0.29) is 15.8 Å². The van der Waals surface area contributed by atoms with E-state index >= 15 is 0 Å². The first-order valence-corrected chi connectivity index (χ1v) is 12.4. The zero-order valence-corrected chi connectivity index (χ0v) is 17.5. The summed E-state index contributed by atoms with van der Waals surface area (Å²) in [5.74, 6) is 0. The molecule has 0 radical (unpaired) electrons. The lowest BCUT2D eigenvalue weighted by Crippen LogP contribution is -2.33. The minimum Gasteiger partial charge on any atom is -0.208 e. The van der Waals surface area contributed by atoms with Gasteiger partial charge < -0.3 is 0 Å². The van der Waals surface area contributed by atoms with Crippen LogP contribution in [0.25, 0.3) is 0 Å². The Kier molecular flexibility index (Phi) is 6.54. The summed E-state index contributed by atoms with van der Waals surface area (Å²) in [7, 11) is -7.25. The third-order valence-electron chi connectivity index (χ3n) is 4.90. The van der Waals surface area contributed by atoms with Crippen molar-refractivity contribution in [2.45, 2.75) is 48.4 Å². The molecule has 0 saturated carbocycles. The van der Waals surface area contributed by atoms with Gasteiger partial charge in [-0.25, -0.2) is 21.6 Å². The van der Waals surface area contributed by atoms with Gasteiger partial charge >= 0.3 is 0 Å². The molecule has 2 aromatic rings.